The number of ether oxygens (including phenoxy) is 3. The number of nitrogens with zero attached hydrogens (tertiary/aromatic N) is 2. The Balaban J connectivity index is 1.42. The third-order valence-electron chi connectivity index (χ3n) is 7.57. The van der Waals surface area contributed by atoms with Gasteiger partial charge in [0.25, 0.3) is 0 Å². The van der Waals surface area contributed by atoms with Crippen molar-refractivity contribution >= 4 is 17.7 Å². The fourth-order valence-electron chi connectivity index (χ4n) is 5.65. The van der Waals surface area contributed by atoms with Crippen LogP contribution in [0.1, 0.15) is 49.7 Å². The monoisotopic (exact) mass is 492 g/mol. The van der Waals surface area contributed by atoms with Crippen LogP contribution in [0.3, 0.4) is 0 Å². The number of piperidine rings is 1. The lowest BCUT2D eigenvalue weighted by atomic mass is 9.75. The second kappa shape index (κ2) is 10.3. The molecule has 0 radical (unpaired) electrons. The molecule has 0 aliphatic carbocycles. The van der Waals surface area contributed by atoms with Crippen LogP contribution in [0.5, 0.6) is 11.5 Å². The highest BCUT2D eigenvalue weighted by Crippen LogP contribution is 2.42. The van der Waals surface area contributed by atoms with Crippen LogP contribution in [0.25, 0.3) is 0 Å². The highest BCUT2D eigenvalue weighted by atomic mass is 16.7. The average Bonchev–Trinajstić information content (AvgIpc) is 3.46. The standard InChI is InChI=1S/C28H32N2O6/c1-34-14-12-22-9-5-6-13-29(22)25(31)16-28(21-7-3-2-4-8-21)17-26(32)30(27(28)33)18-20-10-11-23-24(15-20)36-19-35-23/h2-4,7-8,10-11,15,22H,5-6,9,12-14,16-19H2,1H3/t22-,28-/m1/s1. The van der Waals surface area contributed by atoms with Gasteiger partial charge in [-0.05, 0) is 48.9 Å². The van der Waals surface area contributed by atoms with Gasteiger partial charge in [0, 0.05) is 39.1 Å². The Kier molecular flexibility index (Phi) is 6.96. The van der Waals surface area contributed by atoms with E-state index in [1.807, 2.05) is 41.3 Å². The van der Waals surface area contributed by atoms with Gasteiger partial charge in [-0.2, -0.15) is 0 Å². The molecule has 2 aromatic rings. The number of imide groups is 1. The third-order valence-corrected chi connectivity index (χ3v) is 7.57. The van der Waals surface area contributed by atoms with Crippen molar-refractivity contribution < 1.29 is 28.6 Å². The molecule has 0 aromatic heterocycles. The normalized spacial score (nSPS) is 23.4. The SMILES string of the molecule is COCC[C@H]1CCCCN1C(=O)C[C@]1(c2ccccc2)CC(=O)N(Cc2ccc3c(c2)OCO3)C1=O. The van der Waals surface area contributed by atoms with E-state index in [9.17, 15) is 14.4 Å². The van der Waals surface area contributed by atoms with Gasteiger partial charge in [0.05, 0.1) is 12.0 Å². The Morgan fingerprint density at radius 1 is 1.08 bits per heavy atom. The molecule has 0 bridgehead atoms. The van der Waals surface area contributed by atoms with Crippen molar-refractivity contribution in [3.8, 4) is 11.5 Å². The first kappa shape index (κ1) is 24.3. The molecule has 0 spiro atoms. The second-order valence-electron chi connectivity index (χ2n) is 9.79. The van der Waals surface area contributed by atoms with E-state index < -0.39 is 5.41 Å². The van der Waals surface area contributed by atoms with Crippen LogP contribution in [-0.2, 0) is 31.1 Å². The number of methoxy groups -OCH3 is 1. The summed E-state index contributed by atoms with van der Waals surface area (Å²) in [4.78, 5) is 44.2. The number of carbonyl (C=O) groups is 3. The van der Waals surface area contributed by atoms with Crippen LogP contribution in [0.2, 0.25) is 0 Å². The molecular formula is C28H32N2O6. The highest BCUT2D eigenvalue weighted by Gasteiger charge is 2.54. The largest absolute Gasteiger partial charge is 0.454 e. The third kappa shape index (κ3) is 4.57. The van der Waals surface area contributed by atoms with Gasteiger partial charge in [0.1, 0.15) is 0 Å². The van der Waals surface area contributed by atoms with E-state index >= 15 is 0 Å². The number of carbonyl (C=O) groups excluding carboxylic acids is 3. The first-order chi connectivity index (χ1) is 17.5. The molecule has 0 saturated carbocycles. The highest BCUT2D eigenvalue weighted by molar-refractivity contribution is 6.10. The maximum absolute atomic E-state index is 14.0. The molecule has 2 atom stereocenters. The van der Waals surface area contributed by atoms with E-state index in [4.69, 9.17) is 14.2 Å². The van der Waals surface area contributed by atoms with Gasteiger partial charge in [-0.1, -0.05) is 36.4 Å². The number of benzene rings is 2. The molecule has 8 heteroatoms. The van der Waals surface area contributed by atoms with Gasteiger partial charge in [-0.25, -0.2) is 0 Å². The zero-order valence-corrected chi connectivity index (χ0v) is 20.6. The number of hydrogen-bond donors (Lipinski definition) is 0. The van der Waals surface area contributed by atoms with Crippen molar-refractivity contribution in [2.75, 3.05) is 27.1 Å². The molecule has 3 amide bonds. The fraction of sp³-hybridized carbons (Fsp3) is 0.464. The summed E-state index contributed by atoms with van der Waals surface area (Å²) < 4.78 is 16.1. The minimum atomic E-state index is -1.21. The van der Waals surface area contributed by atoms with Gasteiger partial charge in [-0.15, -0.1) is 0 Å². The Morgan fingerprint density at radius 3 is 2.69 bits per heavy atom. The summed E-state index contributed by atoms with van der Waals surface area (Å²) in [5, 5.41) is 0. The van der Waals surface area contributed by atoms with Gasteiger partial charge in [0.2, 0.25) is 24.5 Å². The zero-order valence-electron chi connectivity index (χ0n) is 20.6. The lowest BCUT2D eigenvalue weighted by Crippen LogP contribution is -2.48. The zero-order chi connectivity index (χ0) is 25.1. The van der Waals surface area contributed by atoms with Crippen molar-refractivity contribution in [3.63, 3.8) is 0 Å². The maximum atomic E-state index is 14.0. The molecule has 2 fully saturated rings. The van der Waals surface area contributed by atoms with Gasteiger partial charge >= 0.3 is 0 Å². The molecule has 2 saturated heterocycles. The topological polar surface area (TPSA) is 85.4 Å². The van der Waals surface area contributed by atoms with Gasteiger partial charge in [-0.3, -0.25) is 19.3 Å². The number of fused-ring (bicyclic) bond motifs is 1. The van der Waals surface area contributed by atoms with Crippen molar-refractivity contribution in [2.45, 2.75) is 56.5 Å². The van der Waals surface area contributed by atoms with E-state index in [0.29, 0.717) is 30.2 Å². The Hall–Kier alpha value is -3.39. The smallest absolute Gasteiger partial charge is 0.241 e. The van der Waals surface area contributed by atoms with E-state index in [-0.39, 0.29) is 49.9 Å². The molecule has 3 aliphatic heterocycles. The van der Waals surface area contributed by atoms with Crippen LogP contribution >= 0.6 is 0 Å². The Morgan fingerprint density at radius 2 is 1.89 bits per heavy atom. The summed E-state index contributed by atoms with van der Waals surface area (Å²) in [5.74, 6) is 0.569. The fourth-order valence-corrected chi connectivity index (χ4v) is 5.65. The van der Waals surface area contributed by atoms with Crippen molar-refractivity contribution in [1.29, 1.82) is 0 Å². The number of rotatable bonds is 8. The van der Waals surface area contributed by atoms with Gasteiger partial charge < -0.3 is 19.1 Å². The minimum absolute atomic E-state index is 0.0251. The number of likely N-dealkylation sites (tertiary alicyclic amines) is 2. The molecule has 0 N–H and O–H groups in total. The summed E-state index contributed by atoms with van der Waals surface area (Å²) in [6, 6.07) is 14.8. The summed E-state index contributed by atoms with van der Waals surface area (Å²) in [7, 11) is 1.66. The van der Waals surface area contributed by atoms with Crippen molar-refractivity contribution in [1.82, 2.24) is 9.80 Å². The summed E-state index contributed by atoms with van der Waals surface area (Å²) in [6.07, 6.45) is 3.66. The predicted molar refractivity (Wildman–Crippen MR) is 131 cm³/mol. The predicted octanol–water partition coefficient (Wildman–Crippen LogP) is 3.42. The lowest BCUT2D eigenvalue weighted by Gasteiger charge is -2.38. The molecular weight excluding hydrogens is 460 g/mol. The second-order valence-corrected chi connectivity index (χ2v) is 9.79. The van der Waals surface area contributed by atoms with E-state index in [1.165, 1.54) is 4.90 Å². The molecule has 5 rings (SSSR count). The lowest BCUT2D eigenvalue weighted by molar-refractivity contribution is -0.144. The molecule has 3 heterocycles. The minimum Gasteiger partial charge on any atom is -0.454 e. The Bertz CT molecular complexity index is 1140. The number of amides is 3. The van der Waals surface area contributed by atoms with Crippen molar-refractivity contribution in [3.05, 3.63) is 59.7 Å². The van der Waals surface area contributed by atoms with Gasteiger partial charge in [0.15, 0.2) is 11.5 Å². The van der Waals surface area contributed by atoms with Crippen LogP contribution in [0, 0.1) is 0 Å². The Labute approximate surface area is 211 Å². The maximum Gasteiger partial charge on any atom is 0.241 e. The molecule has 190 valence electrons. The first-order valence-electron chi connectivity index (χ1n) is 12.6. The van der Waals surface area contributed by atoms with Crippen LogP contribution in [0.15, 0.2) is 48.5 Å². The number of hydrogen-bond acceptors (Lipinski definition) is 6. The average molecular weight is 493 g/mol. The van der Waals surface area contributed by atoms with E-state index in [0.717, 1.165) is 31.2 Å². The molecule has 0 unspecified atom stereocenters. The van der Waals surface area contributed by atoms with E-state index in [1.54, 1.807) is 19.2 Å². The molecule has 2 aromatic carbocycles. The van der Waals surface area contributed by atoms with Crippen LogP contribution in [-0.4, -0.2) is 60.6 Å². The summed E-state index contributed by atoms with van der Waals surface area (Å²) >= 11 is 0. The summed E-state index contributed by atoms with van der Waals surface area (Å²) in [5.41, 5.74) is 0.261. The van der Waals surface area contributed by atoms with Crippen LogP contribution in [0.4, 0.5) is 0 Å². The molecule has 36 heavy (non-hydrogen) atoms. The first-order valence-corrected chi connectivity index (χ1v) is 12.6. The molecule has 8 nitrogen and oxygen atoms in total. The van der Waals surface area contributed by atoms with Crippen molar-refractivity contribution in [2.24, 2.45) is 0 Å². The van der Waals surface area contributed by atoms with Crippen LogP contribution < -0.4 is 9.47 Å². The quantitative estimate of drug-likeness (QED) is 0.525. The van der Waals surface area contributed by atoms with E-state index in [2.05, 4.69) is 0 Å². The molecule has 3 aliphatic rings. The summed E-state index contributed by atoms with van der Waals surface area (Å²) in [6.45, 7) is 1.53.